The third kappa shape index (κ3) is 3.36. The number of hydrogen-bond acceptors (Lipinski definition) is 4. The van der Waals surface area contributed by atoms with Gasteiger partial charge in [-0.25, -0.2) is 4.98 Å². The molecule has 1 unspecified atom stereocenters. The summed E-state index contributed by atoms with van der Waals surface area (Å²) >= 11 is 0. The van der Waals surface area contributed by atoms with Gasteiger partial charge in [-0.15, -0.1) is 5.10 Å². The van der Waals surface area contributed by atoms with Crippen LogP contribution >= 0.6 is 0 Å². The molecule has 1 aliphatic carbocycles. The van der Waals surface area contributed by atoms with Crippen LogP contribution in [-0.2, 0) is 5.41 Å². The fourth-order valence-corrected chi connectivity index (χ4v) is 2.66. The van der Waals surface area contributed by atoms with Crippen molar-refractivity contribution in [2.24, 2.45) is 11.7 Å². The molecule has 6 heteroatoms. The lowest BCUT2D eigenvalue weighted by atomic mass is 9.96. The van der Waals surface area contributed by atoms with Crippen molar-refractivity contribution in [1.82, 2.24) is 20.5 Å². The summed E-state index contributed by atoms with van der Waals surface area (Å²) in [5, 5.41) is 9.82. The molecule has 0 bridgehead atoms. The van der Waals surface area contributed by atoms with Crippen molar-refractivity contribution >= 4 is 5.91 Å². The van der Waals surface area contributed by atoms with Gasteiger partial charge in [0.15, 0.2) is 0 Å². The second-order valence-electron chi connectivity index (χ2n) is 6.62. The highest BCUT2D eigenvalue weighted by Gasteiger charge is 2.27. The number of nitrogens with zero attached hydrogens (tertiary/aromatic N) is 2. The Morgan fingerprint density at radius 1 is 1.45 bits per heavy atom. The molecular weight excluding hydrogens is 254 g/mol. The van der Waals surface area contributed by atoms with Gasteiger partial charge >= 0.3 is 0 Å². The first kappa shape index (κ1) is 15.0. The summed E-state index contributed by atoms with van der Waals surface area (Å²) in [5.74, 6) is 1.17. The van der Waals surface area contributed by atoms with Crippen molar-refractivity contribution in [3.05, 3.63) is 11.6 Å². The maximum atomic E-state index is 12.2. The number of carbonyl (C=O) groups excluding carboxylic acids is 1. The molecule has 0 aromatic carbocycles. The molecule has 2 rings (SSSR count). The monoisotopic (exact) mass is 279 g/mol. The molecule has 6 nitrogen and oxygen atoms in total. The van der Waals surface area contributed by atoms with Gasteiger partial charge in [-0.2, -0.15) is 0 Å². The van der Waals surface area contributed by atoms with Gasteiger partial charge in [-0.1, -0.05) is 33.6 Å². The second-order valence-corrected chi connectivity index (χ2v) is 6.62. The second kappa shape index (κ2) is 5.91. The van der Waals surface area contributed by atoms with E-state index < -0.39 is 0 Å². The van der Waals surface area contributed by atoms with Crippen LogP contribution < -0.4 is 11.1 Å². The third-order valence-corrected chi connectivity index (χ3v) is 3.94. The highest BCUT2D eigenvalue weighted by molar-refractivity contribution is 5.90. The standard InChI is InChI=1S/C14H25N5O/c1-14(2,3)13-17-11(18-19-13)12(20)16-10(8-15)9-6-4-5-7-9/h9-10H,4-8,15H2,1-3H3,(H,16,20)(H,17,18,19). The van der Waals surface area contributed by atoms with Gasteiger partial charge in [0.1, 0.15) is 5.82 Å². The van der Waals surface area contributed by atoms with Crippen LogP contribution in [0.3, 0.4) is 0 Å². The first-order chi connectivity index (χ1) is 9.41. The van der Waals surface area contributed by atoms with Crippen molar-refractivity contribution in [2.75, 3.05) is 6.54 Å². The maximum Gasteiger partial charge on any atom is 0.291 e. The average Bonchev–Trinajstić information content (AvgIpc) is 3.04. The third-order valence-electron chi connectivity index (χ3n) is 3.94. The lowest BCUT2D eigenvalue weighted by Crippen LogP contribution is -2.45. The van der Waals surface area contributed by atoms with Crippen molar-refractivity contribution in [1.29, 1.82) is 0 Å². The molecule has 20 heavy (non-hydrogen) atoms. The quantitative estimate of drug-likeness (QED) is 0.775. The van der Waals surface area contributed by atoms with Gasteiger partial charge in [0, 0.05) is 18.0 Å². The van der Waals surface area contributed by atoms with Crippen LogP contribution in [0.5, 0.6) is 0 Å². The van der Waals surface area contributed by atoms with E-state index in [-0.39, 0.29) is 23.2 Å². The summed E-state index contributed by atoms with van der Waals surface area (Å²) in [5.41, 5.74) is 5.64. The van der Waals surface area contributed by atoms with Crippen LogP contribution in [0.15, 0.2) is 0 Å². The van der Waals surface area contributed by atoms with E-state index >= 15 is 0 Å². The Labute approximate surface area is 119 Å². The minimum Gasteiger partial charge on any atom is -0.345 e. The predicted molar refractivity (Wildman–Crippen MR) is 77.3 cm³/mol. The molecule has 112 valence electrons. The van der Waals surface area contributed by atoms with Gasteiger partial charge in [-0.05, 0) is 18.8 Å². The molecule has 1 aliphatic rings. The normalized spacial score (nSPS) is 18.2. The summed E-state index contributed by atoms with van der Waals surface area (Å²) in [6, 6.07) is 0.0292. The molecule has 1 aromatic rings. The number of carbonyl (C=O) groups is 1. The van der Waals surface area contributed by atoms with E-state index in [4.69, 9.17) is 5.73 Å². The lowest BCUT2D eigenvalue weighted by molar-refractivity contribution is 0.0914. The minimum atomic E-state index is -0.237. The molecule has 1 saturated carbocycles. The van der Waals surface area contributed by atoms with Crippen LogP contribution in [0.1, 0.15) is 62.9 Å². The predicted octanol–water partition coefficient (Wildman–Crippen LogP) is 1.35. The summed E-state index contributed by atoms with van der Waals surface area (Å²) < 4.78 is 0. The molecule has 4 N–H and O–H groups in total. The minimum absolute atomic E-state index is 0.0292. The van der Waals surface area contributed by atoms with E-state index in [0.717, 1.165) is 12.8 Å². The summed E-state index contributed by atoms with van der Waals surface area (Å²) in [6.07, 6.45) is 4.74. The van der Waals surface area contributed by atoms with Gasteiger partial charge in [-0.3, -0.25) is 9.89 Å². The zero-order valence-corrected chi connectivity index (χ0v) is 12.6. The van der Waals surface area contributed by atoms with Crippen LogP contribution in [-0.4, -0.2) is 33.7 Å². The Balaban J connectivity index is 2.01. The first-order valence-electron chi connectivity index (χ1n) is 7.35. The van der Waals surface area contributed by atoms with Gasteiger partial charge in [0.25, 0.3) is 5.91 Å². The number of rotatable bonds is 4. The molecule has 0 radical (unpaired) electrons. The highest BCUT2D eigenvalue weighted by atomic mass is 16.2. The van der Waals surface area contributed by atoms with Crippen molar-refractivity contribution in [2.45, 2.75) is 57.9 Å². The summed E-state index contributed by atoms with van der Waals surface area (Å²) in [7, 11) is 0. The van der Waals surface area contributed by atoms with Crippen LogP contribution in [0.4, 0.5) is 0 Å². The molecule has 0 spiro atoms. The van der Waals surface area contributed by atoms with Crippen molar-refractivity contribution in [3.63, 3.8) is 0 Å². The number of amides is 1. The molecule has 1 aromatic heterocycles. The fourth-order valence-electron chi connectivity index (χ4n) is 2.66. The van der Waals surface area contributed by atoms with Crippen LogP contribution in [0.25, 0.3) is 0 Å². The molecule has 0 saturated heterocycles. The van der Waals surface area contributed by atoms with Crippen molar-refractivity contribution < 1.29 is 4.79 Å². The number of aromatic nitrogens is 3. The van der Waals surface area contributed by atoms with Crippen LogP contribution in [0.2, 0.25) is 0 Å². The molecule has 0 aliphatic heterocycles. The van der Waals surface area contributed by atoms with E-state index in [1.54, 1.807) is 0 Å². The molecule has 1 amide bonds. The Hall–Kier alpha value is -1.43. The number of nitrogens with two attached hydrogens (primary N) is 1. The Morgan fingerprint density at radius 3 is 2.60 bits per heavy atom. The Morgan fingerprint density at radius 2 is 2.10 bits per heavy atom. The highest BCUT2D eigenvalue weighted by Crippen LogP contribution is 2.27. The van der Waals surface area contributed by atoms with Gasteiger partial charge in [0.2, 0.25) is 5.82 Å². The smallest absolute Gasteiger partial charge is 0.291 e. The Bertz CT molecular complexity index is 456. The van der Waals surface area contributed by atoms with Gasteiger partial charge in [0.05, 0.1) is 0 Å². The van der Waals surface area contributed by atoms with E-state index in [0.29, 0.717) is 18.3 Å². The van der Waals surface area contributed by atoms with Crippen molar-refractivity contribution in [3.8, 4) is 0 Å². The zero-order chi connectivity index (χ0) is 14.8. The number of H-pyrrole nitrogens is 1. The molecule has 1 heterocycles. The maximum absolute atomic E-state index is 12.2. The topological polar surface area (TPSA) is 96.7 Å². The van der Waals surface area contributed by atoms with Crippen LogP contribution in [0, 0.1) is 5.92 Å². The fraction of sp³-hybridized carbons (Fsp3) is 0.786. The molecule has 1 atom stereocenters. The largest absolute Gasteiger partial charge is 0.345 e. The number of hydrogen-bond donors (Lipinski definition) is 3. The zero-order valence-electron chi connectivity index (χ0n) is 12.6. The SMILES string of the molecule is CC(C)(C)c1nc(C(=O)NC(CN)C2CCCC2)n[nH]1. The van der Waals surface area contributed by atoms with E-state index in [1.807, 2.05) is 20.8 Å². The average molecular weight is 279 g/mol. The summed E-state index contributed by atoms with van der Waals surface area (Å²) in [4.78, 5) is 16.5. The van der Waals surface area contributed by atoms with E-state index in [1.165, 1.54) is 12.8 Å². The number of aromatic amines is 1. The van der Waals surface area contributed by atoms with Gasteiger partial charge < -0.3 is 11.1 Å². The summed E-state index contributed by atoms with van der Waals surface area (Å²) in [6.45, 7) is 6.54. The molecular formula is C14H25N5O. The molecule has 1 fully saturated rings. The number of nitrogens with one attached hydrogen (secondary N) is 2. The van der Waals surface area contributed by atoms with E-state index in [2.05, 4.69) is 20.5 Å². The first-order valence-corrected chi connectivity index (χ1v) is 7.35. The Kier molecular flexibility index (Phi) is 4.42. The van der Waals surface area contributed by atoms with E-state index in [9.17, 15) is 4.79 Å². The lowest BCUT2D eigenvalue weighted by Gasteiger charge is -2.22.